The predicted molar refractivity (Wildman–Crippen MR) is 82.4 cm³/mol. The third kappa shape index (κ3) is 3.20. The second-order valence-electron chi connectivity index (χ2n) is 6.34. The van der Waals surface area contributed by atoms with Gasteiger partial charge in [0.25, 0.3) is 0 Å². The molecule has 0 aromatic carbocycles. The Kier molecular flexibility index (Phi) is 4.43. The van der Waals surface area contributed by atoms with Gasteiger partial charge in [-0.3, -0.25) is 0 Å². The van der Waals surface area contributed by atoms with Gasteiger partial charge in [-0.25, -0.2) is 0 Å². The first-order chi connectivity index (χ1) is 10.2. The van der Waals surface area contributed by atoms with Gasteiger partial charge in [0, 0.05) is 0 Å². The molecule has 0 saturated carbocycles. The first kappa shape index (κ1) is 15.1. The van der Waals surface area contributed by atoms with Gasteiger partial charge in [-0.2, -0.15) is 0 Å². The second-order valence-corrected chi connectivity index (χ2v) is 7.35. The first-order valence-electron chi connectivity index (χ1n) is 7.70. The first-order valence-corrected chi connectivity index (χ1v) is 8.52. The van der Waals surface area contributed by atoms with Crippen LogP contribution in [0.2, 0.25) is 0 Å². The molecule has 3 heterocycles. The Morgan fingerprint density at radius 3 is 1.62 bits per heavy atom. The highest BCUT2D eigenvalue weighted by atomic mass is 32.1. The summed E-state index contributed by atoms with van der Waals surface area (Å²) in [6.45, 7) is 9.12. The molecule has 0 unspecified atom stereocenters. The largest absolute Gasteiger partial charge is 0.483 e. The molecule has 4 nitrogen and oxygen atoms in total. The fraction of sp³-hybridized carbons (Fsp3) is 0.750. The SMILES string of the molecule is CCC1(COc2ccc(OCC3(CC)COC3)s2)COC1. The number of hydrogen-bond donors (Lipinski definition) is 0. The Hall–Kier alpha value is -0.780. The van der Waals surface area contributed by atoms with Gasteiger partial charge in [0.15, 0.2) is 10.1 Å². The average molecular weight is 312 g/mol. The van der Waals surface area contributed by atoms with Crippen molar-refractivity contribution < 1.29 is 18.9 Å². The Bertz CT molecular complexity index is 411. The molecule has 2 aliphatic rings. The molecule has 0 N–H and O–H groups in total. The quantitative estimate of drug-likeness (QED) is 0.737. The highest BCUT2D eigenvalue weighted by molar-refractivity contribution is 7.15. The number of rotatable bonds is 8. The van der Waals surface area contributed by atoms with Crippen LogP contribution in [0.3, 0.4) is 0 Å². The van der Waals surface area contributed by atoms with E-state index in [0.717, 1.165) is 62.6 Å². The number of thiophene rings is 1. The Morgan fingerprint density at radius 2 is 1.33 bits per heavy atom. The fourth-order valence-corrected chi connectivity index (χ4v) is 3.17. The van der Waals surface area contributed by atoms with Crippen molar-refractivity contribution in [2.24, 2.45) is 10.8 Å². The summed E-state index contributed by atoms with van der Waals surface area (Å²) >= 11 is 1.58. The van der Waals surface area contributed by atoms with Gasteiger partial charge < -0.3 is 18.9 Å². The zero-order valence-corrected chi connectivity index (χ0v) is 13.7. The Morgan fingerprint density at radius 1 is 0.905 bits per heavy atom. The van der Waals surface area contributed by atoms with E-state index in [1.165, 1.54) is 0 Å². The van der Waals surface area contributed by atoms with Crippen LogP contribution in [-0.2, 0) is 9.47 Å². The van der Waals surface area contributed by atoms with Crippen molar-refractivity contribution >= 4 is 11.3 Å². The van der Waals surface area contributed by atoms with E-state index in [2.05, 4.69) is 13.8 Å². The molecule has 2 fully saturated rings. The van der Waals surface area contributed by atoms with E-state index >= 15 is 0 Å². The minimum Gasteiger partial charge on any atom is -0.483 e. The summed E-state index contributed by atoms with van der Waals surface area (Å²) in [4.78, 5) is 0. The van der Waals surface area contributed by atoms with Gasteiger partial charge in [0.1, 0.15) is 0 Å². The van der Waals surface area contributed by atoms with Crippen LogP contribution in [0.1, 0.15) is 26.7 Å². The lowest BCUT2D eigenvalue weighted by Crippen LogP contribution is -2.46. The standard InChI is InChI=1S/C16H24O4S/c1-3-15(7-17-8-15)11-19-13-5-6-14(21-13)20-12-16(4-2)9-18-10-16/h5-6H,3-4,7-12H2,1-2H3. The van der Waals surface area contributed by atoms with Crippen LogP contribution in [0.5, 0.6) is 10.1 Å². The molecule has 0 amide bonds. The maximum Gasteiger partial charge on any atom is 0.177 e. The minimum absolute atomic E-state index is 0.223. The Labute approximate surface area is 130 Å². The van der Waals surface area contributed by atoms with Crippen molar-refractivity contribution in [1.29, 1.82) is 0 Å². The van der Waals surface area contributed by atoms with E-state index in [1.807, 2.05) is 12.1 Å². The van der Waals surface area contributed by atoms with Crippen LogP contribution < -0.4 is 9.47 Å². The maximum atomic E-state index is 5.92. The van der Waals surface area contributed by atoms with Gasteiger partial charge >= 0.3 is 0 Å². The van der Waals surface area contributed by atoms with E-state index in [1.54, 1.807) is 11.3 Å². The van der Waals surface area contributed by atoms with Crippen molar-refractivity contribution in [2.45, 2.75) is 26.7 Å². The van der Waals surface area contributed by atoms with Crippen molar-refractivity contribution in [3.8, 4) is 10.1 Å². The van der Waals surface area contributed by atoms with E-state index in [9.17, 15) is 0 Å². The summed E-state index contributed by atoms with van der Waals surface area (Å²) in [6.07, 6.45) is 2.20. The molecule has 0 spiro atoms. The molecule has 2 aliphatic heterocycles. The topological polar surface area (TPSA) is 36.9 Å². The molecular formula is C16H24O4S. The van der Waals surface area contributed by atoms with E-state index < -0.39 is 0 Å². The molecule has 0 bridgehead atoms. The van der Waals surface area contributed by atoms with E-state index in [-0.39, 0.29) is 10.8 Å². The highest BCUT2D eigenvalue weighted by Crippen LogP contribution is 2.37. The van der Waals surface area contributed by atoms with Gasteiger partial charge in [0.2, 0.25) is 0 Å². The summed E-state index contributed by atoms with van der Waals surface area (Å²) in [5, 5.41) is 1.86. The normalized spacial score (nSPS) is 22.2. The molecule has 21 heavy (non-hydrogen) atoms. The molecule has 5 heteroatoms. The summed E-state index contributed by atoms with van der Waals surface area (Å²) < 4.78 is 22.5. The van der Waals surface area contributed by atoms with Crippen LogP contribution in [-0.4, -0.2) is 39.6 Å². The zero-order valence-electron chi connectivity index (χ0n) is 12.9. The van der Waals surface area contributed by atoms with Gasteiger partial charge in [-0.1, -0.05) is 25.2 Å². The molecular weight excluding hydrogens is 288 g/mol. The van der Waals surface area contributed by atoms with Crippen LogP contribution in [0.15, 0.2) is 12.1 Å². The molecule has 0 aliphatic carbocycles. The molecule has 118 valence electrons. The van der Waals surface area contributed by atoms with Crippen molar-refractivity contribution in [3.05, 3.63) is 12.1 Å². The summed E-state index contributed by atoms with van der Waals surface area (Å²) in [6, 6.07) is 4.00. The third-order valence-electron chi connectivity index (χ3n) is 4.73. The molecule has 2 saturated heterocycles. The highest BCUT2D eigenvalue weighted by Gasteiger charge is 2.38. The van der Waals surface area contributed by atoms with Gasteiger partial charge in [0.05, 0.1) is 50.5 Å². The Balaban J connectivity index is 1.47. The van der Waals surface area contributed by atoms with Crippen molar-refractivity contribution in [2.75, 3.05) is 39.6 Å². The average Bonchev–Trinajstić information content (AvgIpc) is 2.85. The van der Waals surface area contributed by atoms with Crippen LogP contribution in [0, 0.1) is 10.8 Å². The maximum absolute atomic E-state index is 5.92. The molecule has 0 atom stereocenters. The fourth-order valence-electron chi connectivity index (χ4n) is 2.47. The molecule has 0 radical (unpaired) electrons. The van der Waals surface area contributed by atoms with Crippen LogP contribution in [0.4, 0.5) is 0 Å². The zero-order chi connectivity index (χ0) is 14.8. The third-order valence-corrected chi connectivity index (χ3v) is 5.64. The molecule has 3 rings (SSSR count). The second kappa shape index (κ2) is 6.15. The predicted octanol–water partition coefficient (Wildman–Crippen LogP) is 3.36. The molecule has 1 aromatic rings. The van der Waals surface area contributed by atoms with Crippen molar-refractivity contribution in [3.63, 3.8) is 0 Å². The van der Waals surface area contributed by atoms with Crippen LogP contribution in [0.25, 0.3) is 0 Å². The number of ether oxygens (including phenoxy) is 4. The summed E-state index contributed by atoms with van der Waals surface area (Å²) in [7, 11) is 0. The summed E-state index contributed by atoms with van der Waals surface area (Å²) in [5.74, 6) is 0. The lowest BCUT2D eigenvalue weighted by molar-refractivity contribution is -0.133. The van der Waals surface area contributed by atoms with E-state index in [4.69, 9.17) is 18.9 Å². The van der Waals surface area contributed by atoms with Gasteiger partial charge in [-0.05, 0) is 25.0 Å². The lowest BCUT2D eigenvalue weighted by atomic mass is 9.84. The molecule has 1 aromatic heterocycles. The van der Waals surface area contributed by atoms with Gasteiger partial charge in [-0.15, -0.1) is 0 Å². The van der Waals surface area contributed by atoms with E-state index in [0.29, 0.717) is 0 Å². The van der Waals surface area contributed by atoms with Crippen LogP contribution >= 0.6 is 11.3 Å². The van der Waals surface area contributed by atoms with Crippen molar-refractivity contribution in [1.82, 2.24) is 0 Å². The number of hydrogen-bond acceptors (Lipinski definition) is 5. The minimum atomic E-state index is 0.223. The lowest BCUT2D eigenvalue weighted by Gasteiger charge is -2.40. The monoisotopic (exact) mass is 312 g/mol. The summed E-state index contributed by atoms with van der Waals surface area (Å²) in [5.41, 5.74) is 0.446. The smallest absolute Gasteiger partial charge is 0.177 e.